The van der Waals surface area contributed by atoms with Gasteiger partial charge in [0.25, 0.3) is 5.91 Å². The second kappa shape index (κ2) is 9.47. The molecule has 1 heterocycles. The number of nitrogens with one attached hydrogen (secondary N) is 1. The molecule has 0 spiro atoms. The van der Waals surface area contributed by atoms with Gasteiger partial charge in [-0.05, 0) is 25.8 Å². The zero-order chi connectivity index (χ0) is 20.8. The van der Waals surface area contributed by atoms with E-state index in [2.05, 4.69) is 5.32 Å². The highest BCUT2D eigenvalue weighted by atomic mass is 16.2. The fraction of sp³-hybridized carbons (Fsp3) is 0.348. The lowest BCUT2D eigenvalue weighted by atomic mass is 9.94. The standard InChI is InChI=1S/C23H27N3O3/c1-16-8-10-17(11-9-16)21(27)19-6-2-3-7-20(19)23(29)26-14-4-5-18(15-26)22(28)25-13-12-24/h2-3,6-11,18H,4-5,12-15,24H2,1H3,(H,25,28). The van der Waals surface area contributed by atoms with Crippen LogP contribution in [0, 0.1) is 12.8 Å². The number of hydrogen-bond donors (Lipinski definition) is 2. The highest BCUT2D eigenvalue weighted by Gasteiger charge is 2.30. The average molecular weight is 393 g/mol. The summed E-state index contributed by atoms with van der Waals surface area (Å²) >= 11 is 0. The topological polar surface area (TPSA) is 92.5 Å². The molecule has 1 fully saturated rings. The van der Waals surface area contributed by atoms with Gasteiger partial charge in [-0.15, -0.1) is 0 Å². The number of nitrogens with zero attached hydrogens (tertiary/aromatic N) is 1. The maximum Gasteiger partial charge on any atom is 0.254 e. The molecule has 1 aliphatic rings. The number of piperidine rings is 1. The number of benzene rings is 2. The molecule has 0 aliphatic carbocycles. The third-order valence-corrected chi connectivity index (χ3v) is 5.24. The van der Waals surface area contributed by atoms with E-state index in [9.17, 15) is 14.4 Å². The molecular formula is C23H27N3O3. The fourth-order valence-corrected chi connectivity index (χ4v) is 3.61. The Morgan fingerprint density at radius 3 is 2.45 bits per heavy atom. The summed E-state index contributed by atoms with van der Waals surface area (Å²) in [6.07, 6.45) is 1.49. The highest BCUT2D eigenvalue weighted by molar-refractivity contribution is 6.15. The predicted molar refractivity (Wildman–Crippen MR) is 112 cm³/mol. The number of amides is 2. The second-order valence-corrected chi connectivity index (χ2v) is 7.41. The Morgan fingerprint density at radius 2 is 1.76 bits per heavy atom. The largest absolute Gasteiger partial charge is 0.355 e. The van der Waals surface area contributed by atoms with Crippen LogP contribution in [0.2, 0.25) is 0 Å². The zero-order valence-corrected chi connectivity index (χ0v) is 16.7. The number of ketones is 1. The first kappa shape index (κ1) is 20.7. The first-order valence-electron chi connectivity index (χ1n) is 9.98. The molecule has 0 bridgehead atoms. The maximum absolute atomic E-state index is 13.2. The average Bonchev–Trinajstić information content (AvgIpc) is 2.77. The van der Waals surface area contributed by atoms with Crippen molar-refractivity contribution in [1.29, 1.82) is 0 Å². The van der Waals surface area contributed by atoms with Crippen LogP contribution in [0.1, 0.15) is 44.7 Å². The lowest BCUT2D eigenvalue weighted by Gasteiger charge is -2.32. The minimum Gasteiger partial charge on any atom is -0.355 e. The lowest BCUT2D eigenvalue weighted by molar-refractivity contribution is -0.126. The molecule has 1 saturated heterocycles. The van der Waals surface area contributed by atoms with E-state index in [1.54, 1.807) is 41.3 Å². The summed E-state index contributed by atoms with van der Waals surface area (Å²) < 4.78 is 0. The summed E-state index contributed by atoms with van der Waals surface area (Å²) in [5.41, 5.74) is 7.83. The van der Waals surface area contributed by atoms with Crippen molar-refractivity contribution in [2.45, 2.75) is 19.8 Å². The van der Waals surface area contributed by atoms with E-state index in [1.807, 2.05) is 19.1 Å². The Morgan fingerprint density at radius 1 is 1.07 bits per heavy atom. The van der Waals surface area contributed by atoms with Gasteiger partial charge in [0.15, 0.2) is 5.78 Å². The smallest absolute Gasteiger partial charge is 0.254 e. The van der Waals surface area contributed by atoms with Crippen molar-refractivity contribution in [2.75, 3.05) is 26.2 Å². The Hall–Kier alpha value is -2.99. The lowest BCUT2D eigenvalue weighted by Crippen LogP contribution is -2.46. The molecule has 0 aromatic heterocycles. The molecule has 29 heavy (non-hydrogen) atoms. The van der Waals surface area contributed by atoms with Crippen LogP contribution in [0.4, 0.5) is 0 Å². The number of rotatable bonds is 6. The number of nitrogens with two attached hydrogens (primary N) is 1. The van der Waals surface area contributed by atoms with Gasteiger partial charge >= 0.3 is 0 Å². The van der Waals surface area contributed by atoms with Gasteiger partial charge in [-0.3, -0.25) is 14.4 Å². The molecule has 0 radical (unpaired) electrons. The molecule has 152 valence electrons. The van der Waals surface area contributed by atoms with Crippen LogP contribution >= 0.6 is 0 Å². The van der Waals surface area contributed by atoms with Crippen LogP contribution in [0.5, 0.6) is 0 Å². The van der Waals surface area contributed by atoms with Crippen molar-refractivity contribution in [3.63, 3.8) is 0 Å². The molecule has 2 aromatic rings. The van der Waals surface area contributed by atoms with Crippen LogP contribution in [0.3, 0.4) is 0 Å². The number of hydrogen-bond acceptors (Lipinski definition) is 4. The molecule has 1 aliphatic heterocycles. The SMILES string of the molecule is Cc1ccc(C(=O)c2ccccc2C(=O)N2CCCC(C(=O)NCCN)C2)cc1. The Bertz CT molecular complexity index is 892. The van der Waals surface area contributed by atoms with Crippen LogP contribution in [0.15, 0.2) is 48.5 Å². The number of likely N-dealkylation sites (tertiary alicyclic amines) is 1. The number of aryl methyl sites for hydroxylation is 1. The molecule has 3 N–H and O–H groups in total. The monoisotopic (exact) mass is 393 g/mol. The van der Waals surface area contributed by atoms with E-state index in [0.717, 1.165) is 18.4 Å². The van der Waals surface area contributed by atoms with Gasteiger partial charge < -0.3 is 16.0 Å². The Balaban J connectivity index is 1.80. The van der Waals surface area contributed by atoms with Gasteiger partial charge in [-0.2, -0.15) is 0 Å². The molecular weight excluding hydrogens is 366 g/mol. The molecule has 3 rings (SSSR count). The predicted octanol–water partition coefficient (Wildman–Crippen LogP) is 2.15. The molecule has 0 saturated carbocycles. The molecule has 2 aromatic carbocycles. The Kier molecular flexibility index (Phi) is 6.77. The fourth-order valence-electron chi connectivity index (χ4n) is 3.61. The maximum atomic E-state index is 13.2. The summed E-state index contributed by atoms with van der Waals surface area (Å²) in [7, 11) is 0. The summed E-state index contributed by atoms with van der Waals surface area (Å²) in [6, 6.07) is 14.2. The van der Waals surface area contributed by atoms with E-state index in [4.69, 9.17) is 5.73 Å². The van der Waals surface area contributed by atoms with Crippen molar-refractivity contribution in [1.82, 2.24) is 10.2 Å². The van der Waals surface area contributed by atoms with Gasteiger partial charge in [0.1, 0.15) is 0 Å². The van der Waals surface area contributed by atoms with E-state index in [-0.39, 0.29) is 23.5 Å². The van der Waals surface area contributed by atoms with Gasteiger partial charge in [-0.25, -0.2) is 0 Å². The first-order valence-corrected chi connectivity index (χ1v) is 9.98. The number of carbonyl (C=O) groups excluding carboxylic acids is 3. The van der Waals surface area contributed by atoms with Gasteiger partial charge in [0.05, 0.1) is 11.5 Å². The van der Waals surface area contributed by atoms with Crippen molar-refractivity contribution >= 4 is 17.6 Å². The van der Waals surface area contributed by atoms with Gasteiger partial charge in [0.2, 0.25) is 5.91 Å². The minimum absolute atomic E-state index is 0.0723. The third-order valence-electron chi connectivity index (χ3n) is 5.24. The molecule has 1 atom stereocenters. The third kappa shape index (κ3) is 4.90. The molecule has 1 unspecified atom stereocenters. The van der Waals surface area contributed by atoms with Crippen molar-refractivity contribution in [3.8, 4) is 0 Å². The van der Waals surface area contributed by atoms with E-state index in [1.165, 1.54) is 0 Å². The van der Waals surface area contributed by atoms with E-state index >= 15 is 0 Å². The van der Waals surface area contributed by atoms with Gasteiger partial charge in [-0.1, -0.05) is 48.0 Å². The molecule has 6 nitrogen and oxygen atoms in total. The molecule has 6 heteroatoms. The Labute approximate surface area is 171 Å². The van der Waals surface area contributed by atoms with Crippen LogP contribution in [0.25, 0.3) is 0 Å². The van der Waals surface area contributed by atoms with E-state index < -0.39 is 0 Å². The highest BCUT2D eigenvalue weighted by Crippen LogP contribution is 2.22. The zero-order valence-electron chi connectivity index (χ0n) is 16.7. The number of carbonyl (C=O) groups is 3. The normalized spacial score (nSPS) is 16.3. The quantitative estimate of drug-likeness (QED) is 0.736. The summed E-state index contributed by atoms with van der Waals surface area (Å²) in [5.74, 6) is -0.711. The molecule has 2 amide bonds. The second-order valence-electron chi connectivity index (χ2n) is 7.41. The minimum atomic E-state index is -0.251. The van der Waals surface area contributed by atoms with E-state index in [0.29, 0.717) is 42.9 Å². The summed E-state index contributed by atoms with van der Waals surface area (Å²) in [4.78, 5) is 40.2. The van der Waals surface area contributed by atoms with Crippen LogP contribution < -0.4 is 11.1 Å². The van der Waals surface area contributed by atoms with Crippen molar-refractivity contribution in [2.24, 2.45) is 11.7 Å². The van der Waals surface area contributed by atoms with Gasteiger partial charge in [0, 0.05) is 37.3 Å². The van der Waals surface area contributed by atoms with Crippen LogP contribution in [-0.4, -0.2) is 48.7 Å². The van der Waals surface area contributed by atoms with Crippen molar-refractivity contribution in [3.05, 3.63) is 70.8 Å². The summed E-state index contributed by atoms with van der Waals surface area (Å²) in [5, 5.41) is 2.80. The first-order chi connectivity index (χ1) is 14.0. The summed E-state index contributed by atoms with van der Waals surface area (Å²) in [6.45, 7) is 3.70. The van der Waals surface area contributed by atoms with Crippen LogP contribution in [-0.2, 0) is 4.79 Å². The van der Waals surface area contributed by atoms with Crippen molar-refractivity contribution < 1.29 is 14.4 Å².